The Hall–Kier alpha value is -1.14. The lowest BCUT2D eigenvalue weighted by Crippen LogP contribution is -2.44. The number of ketones is 1. The Labute approximate surface area is 114 Å². The molecule has 1 atom stereocenters. The first-order valence-electron chi connectivity index (χ1n) is 6.85. The van der Waals surface area contributed by atoms with Crippen molar-refractivity contribution in [2.75, 3.05) is 39.9 Å². The standard InChI is InChI=1S/C13H24N2O4/c1-3-9-19-13(18)15-6-4-5-11(15)12(17)10-14(2)7-8-16/h11,16H,3-10H2,1-2H3/t11-/m0/s1. The third-order valence-corrected chi connectivity index (χ3v) is 3.20. The van der Waals surface area contributed by atoms with Crippen molar-refractivity contribution in [3.8, 4) is 0 Å². The first-order valence-corrected chi connectivity index (χ1v) is 6.85. The molecule has 19 heavy (non-hydrogen) atoms. The Morgan fingerprint density at radius 1 is 1.47 bits per heavy atom. The summed E-state index contributed by atoms with van der Waals surface area (Å²) in [5.74, 6) is 0.0156. The average molecular weight is 272 g/mol. The maximum atomic E-state index is 12.1. The number of Topliss-reactive ketones (excluding diaryl/α,β-unsaturated/α-hetero) is 1. The molecule has 0 unspecified atom stereocenters. The number of aliphatic hydroxyl groups is 1. The molecule has 1 saturated heterocycles. The van der Waals surface area contributed by atoms with E-state index < -0.39 is 0 Å². The Kier molecular flexibility index (Phi) is 6.80. The highest BCUT2D eigenvalue weighted by molar-refractivity contribution is 5.89. The van der Waals surface area contributed by atoms with Gasteiger partial charge >= 0.3 is 6.09 Å². The molecule has 6 heteroatoms. The van der Waals surface area contributed by atoms with E-state index in [0.29, 0.717) is 26.1 Å². The second-order valence-electron chi connectivity index (χ2n) is 4.89. The van der Waals surface area contributed by atoms with Crippen molar-refractivity contribution < 1.29 is 19.4 Å². The molecule has 0 bridgehead atoms. The lowest BCUT2D eigenvalue weighted by atomic mass is 10.1. The van der Waals surface area contributed by atoms with Gasteiger partial charge in [0.2, 0.25) is 0 Å². The molecule has 110 valence electrons. The largest absolute Gasteiger partial charge is 0.449 e. The highest BCUT2D eigenvalue weighted by atomic mass is 16.6. The molecule has 6 nitrogen and oxygen atoms in total. The second-order valence-corrected chi connectivity index (χ2v) is 4.89. The van der Waals surface area contributed by atoms with Crippen molar-refractivity contribution in [1.82, 2.24) is 9.80 Å². The van der Waals surface area contributed by atoms with Crippen molar-refractivity contribution in [3.63, 3.8) is 0 Å². The van der Waals surface area contributed by atoms with E-state index in [1.54, 1.807) is 11.9 Å². The van der Waals surface area contributed by atoms with Gasteiger partial charge in [0.15, 0.2) is 5.78 Å². The fourth-order valence-electron chi connectivity index (χ4n) is 2.21. The van der Waals surface area contributed by atoms with Crippen LogP contribution in [0.1, 0.15) is 26.2 Å². The summed E-state index contributed by atoms with van der Waals surface area (Å²) >= 11 is 0. The van der Waals surface area contributed by atoms with Crippen LogP contribution in [0.15, 0.2) is 0 Å². The second kappa shape index (κ2) is 8.12. The number of carbonyl (C=O) groups excluding carboxylic acids is 2. The Balaban J connectivity index is 2.50. The summed E-state index contributed by atoms with van der Waals surface area (Å²) in [6.45, 7) is 3.64. The van der Waals surface area contributed by atoms with Crippen LogP contribution in [0.4, 0.5) is 4.79 Å². The van der Waals surface area contributed by atoms with Gasteiger partial charge in [-0.2, -0.15) is 0 Å². The van der Waals surface area contributed by atoms with Crippen LogP contribution in [0.5, 0.6) is 0 Å². The van der Waals surface area contributed by atoms with E-state index in [1.165, 1.54) is 4.90 Å². The van der Waals surface area contributed by atoms with E-state index in [9.17, 15) is 9.59 Å². The summed E-state index contributed by atoms with van der Waals surface area (Å²) in [4.78, 5) is 27.3. The van der Waals surface area contributed by atoms with Gasteiger partial charge in [0, 0.05) is 13.1 Å². The number of aliphatic hydroxyl groups excluding tert-OH is 1. The molecule has 1 heterocycles. The molecule has 1 amide bonds. The van der Waals surface area contributed by atoms with Gasteiger partial charge in [-0.05, 0) is 26.3 Å². The van der Waals surface area contributed by atoms with E-state index >= 15 is 0 Å². The smallest absolute Gasteiger partial charge is 0.410 e. The molecular weight excluding hydrogens is 248 g/mol. The molecule has 0 saturated carbocycles. The minimum atomic E-state index is -0.387. The van der Waals surface area contributed by atoms with Crippen molar-refractivity contribution in [2.45, 2.75) is 32.2 Å². The SMILES string of the molecule is CCCOC(=O)N1CCC[C@H]1C(=O)CN(C)CCO. The van der Waals surface area contributed by atoms with Crippen LogP contribution < -0.4 is 0 Å². The number of rotatable bonds is 7. The molecule has 0 aromatic rings. The summed E-state index contributed by atoms with van der Waals surface area (Å²) in [5.41, 5.74) is 0. The van der Waals surface area contributed by atoms with E-state index in [-0.39, 0.29) is 31.1 Å². The Bertz CT molecular complexity index is 309. The van der Waals surface area contributed by atoms with Crippen LogP contribution in [-0.2, 0) is 9.53 Å². The molecule has 1 rings (SSSR count). The molecule has 1 aliphatic rings. The molecule has 0 aliphatic carbocycles. The summed E-state index contributed by atoms with van der Waals surface area (Å²) in [6, 6.07) is -0.370. The average Bonchev–Trinajstić information content (AvgIpc) is 2.85. The van der Waals surface area contributed by atoms with Crippen LogP contribution in [-0.4, -0.2) is 72.7 Å². The lowest BCUT2D eigenvalue weighted by Gasteiger charge is -2.24. The van der Waals surface area contributed by atoms with Crippen LogP contribution in [0.3, 0.4) is 0 Å². The number of likely N-dealkylation sites (N-methyl/N-ethyl adjacent to an activating group) is 1. The molecule has 0 radical (unpaired) electrons. The first-order chi connectivity index (χ1) is 9.10. The highest BCUT2D eigenvalue weighted by Gasteiger charge is 2.34. The maximum Gasteiger partial charge on any atom is 0.410 e. The molecule has 1 N–H and O–H groups in total. The zero-order valence-corrected chi connectivity index (χ0v) is 11.8. The monoisotopic (exact) mass is 272 g/mol. The number of nitrogens with zero attached hydrogens (tertiary/aromatic N) is 2. The van der Waals surface area contributed by atoms with E-state index in [4.69, 9.17) is 9.84 Å². The molecule has 1 aliphatic heterocycles. The molecular formula is C13H24N2O4. The third-order valence-electron chi connectivity index (χ3n) is 3.20. The lowest BCUT2D eigenvalue weighted by molar-refractivity contribution is -0.123. The topological polar surface area (TPSA) is 70.1 Å². The fraction of sp³-hybridized carbons (Fsp3) is 0.846. The van der Waals surface area contributed by atoms with Crippen molar-refractivity contribution >= 4 is 11.9 Å². The number of likely N-dealkylation sites (tertiary alicyclic amines) is 1. The van der Waals surface area contributed by atoms with Crippen molar-refractivity contribution in [1.29, 1.82) is 0 Å². The summed E-state index contributed by atoms with van der Waals surface area (Å²) in [7, 11) is 1.78. The number of hydrogen-bond donors (Lipinski definition) is 1. The summed E-state index contributed by atoms with van der Waals surface area (Å²) < 4.78 is 5.09. The fourth-order valence-corrected chi connectivity index (χ4v) is 2.21. The minimum Gasteiger partial charge on any atom is -0.449 e. The number of carbonyl (C=O) groups is 2. The van der Waals surface area contributed by atoms with Gasteiger partial charge < -0.3 is 9.84 Å². The third kappa shape index (κ3) is 4.80. The van der Waals surface area contributed by atoms with Crippen molar-refractivity contribution in [3.05, 3.63) is 0 Å². The number of amides is 1. The summed E-state index contributed by atoms with van der Waals surface area (Å²) in [5, 5.41) is 8.81. The van der Waals surface area contributed by atoms with Gasteiger partial charge in [0.1, 0.15) is 0 Å². The van der Waals surface area contributed by atoms with Crippen LogP contribution >= 0.6 is 0 Å². The molecule has 1 fully saturated rings. The zero-order chi connectivity index (χ0) is 14.3. The van der Waals surface area contributed by atoms with Crippen LogP contribution in [0.25, 0.3) is 0 Å². The van der Waals surface area contributed by atoms with Gasteiger partial charge in [0.25, 0.3) is 0 Å². The van der Waals surface area contributed by atoms with Crippen LogP contribution in [0, 0.1) is 0 Å². The van der Waals surface area contributed by atoms with Gasteiger partial charge in [-0.1, -0.05) is 6.92 Å². The Morgan fingerprint density at radius 3 is 2.84 bits per heavy atom. The quantitative estimate of drug-likeness (QED) is 0.730. The highest BCUT2D eigenvalue weighted by Crippen LogP contribution is 2.19. The first kappa shape index (κ1) is 15.9. The van der Waals surface area contributed by atoms with Gasteiger partial charge in [-0.25, -0.2) is 4.79 Å². The normalized spacial score (nSPS) is 18.9. The Morgan fingerprint density at radius 2 is 2.21 bits per heavy atom. The molecule has 0 spiro atoms. The summed E-state index contributed by atoms with van der Waals surface area (Å²) in [6.07, 6.45) is 1.92. The number of hydrogen-bond acceptors (Lipinski definition) is 5. The maximum absolute atomic E-state index is 12.1. The minimum absolute atomic E-state index is 0.0156. The predicted octanol–water partition coefficient (Wildman–Crippen LogP) is 0.491. The number of ether oxygens (including phenoxy) is 1. The molecule has 0 aromatic heterocycles. The van der Waals surface area contributed by atoms with Crippen molar-refractivity contribution in [2.24, 2.45) is 0 Å². The zero-order valence-electron chi connectivity index (χ0n) is 11.8. The van der Waals surface area contributed by atoms with E-state index in [1.807, 2.05) is 6.92 Å². The van der Waals surface area contributed by atoms with Gasteiger partial charge in [-0.3, -0.25) is 14.6 Å². The van der Waals surface area contributed by atoms with E-state index in [0.717, 1.165) is 12.8 Å². The van der Waals surface area contributed by atoms with Gasteiger partial charge in [0.05, 0.1) is 25.8 Å². The van der Waals surface area contributed by atoms with Gasteiger partial charge in [-0.15, -0.1) is 0 Å². The van der Waals surface area contributed by atoms with E-state index in [2.05, 4.69) is 0 Å². The molecule has 0 aromatic carbocycles. The van der Waals surface area contributed by atoms with Crippen LogP contribution in [0.2, 0.25) is 0 Å². The predicted molar refractivity (Wildman–Crippen MR) is 71.0 cm³/mol.